The molecule has 0 bridgehead atoms. The molecule has 0 amide bonds. The van der Waals surface area contributed by atoms with E-state index in [1.165, 1.54) is 0 Å². The molecule has 6 heteroatoms. The maximum absolute atomic E-state index is 11.7. The van der Waals surface area contributed by atoms with Crippen molar-refractivity contribution in [2.75, 3.05) is 19.0 Å². The highest BCUT2D eigenvalue weighted by Gasteiger charge is 2.14. The zero-order chi connectivity index (χ0) is 12.6. The summed E-state index contributed by atoms with van der Waals surface area (Å²) in [6.45, 7) is 0. The zero-order valence-corrected chi connectivity index (χ0v) is 9.35. The van der Waals surface area contributed by atoms with Gasteiger partial charge in [0, 0.05) is 20.1 Å². The molecule has 0 atom stereocenters. The number of hydrogen-bond donors (Lipinski definition) is 1. The van der Waals surface area contributed by atoms with Crippen LogP contribution in [0.2, 0.25) is 0 Å². The lowest BCUT2D eigenvalue weighted by Gasteiger charge is -2.11. The van der Waals surface area contributed by atoms with Crippen LogP contribution in [0.15, 0.2) is 4.79 Å². The van der Waals surface area contributed by atoms with Crippen molar-refractivity contribution in [3.05, 3.63) is 16.3 Å². The molecule has 0 fully saturated rings. The Balaban J connectivity index is 2.99. The number of rotatable bonds is 1. The summed E-state index contributed by atoms with van der Waals surface area (Å²) in [5.41, 5.74) is 0.295. The molecule has 0 radical (unpaired) electrons. The molecule has 0 saturated carbocycles. The van der Waals surface area contributed by atoms with E-state index in [1.54, 1.807) is 19.0 Å². The summed E-state index contributed by atoms with van der Waals surface area (Å²) < 4.78 is 1.01. The van der Waals surface area contributed by atoms with Crippen molar-refractivity contribution in [2.24, 2.45) is 0 Å². The molecule has 84 valence electrons. The van der Waals surface area contributed by atoms with E-state index in [4.69, 9.17) is 12.8 Å². The SMILES string of the molecule is C#Cc1nc2c([nH]1)c(N(C)C)nc(=O)n2C#C. The first-order valence-corrected chi connectivity index (χ1v) is 4.71. The maximum atomic E-state index is 11.7. The van der Waals surface area contributed by atoms with Crippen molar-refractivity contribution < 1.29 is 0 Å². The van der Waals surface area contributed by atoms with Crippen LogP contribution in [0.5, 0.6) is 0 Å². The van der Waals surface area contributed by atoms with Crippen LogP contribution < -0.4 is 10.6 Å². The second-order valence-electron chi connectivity index (χ2n) is 3.51. The summed E-state index contributed by atoms with van der Waals surface area (Å²) in [5, 5.41) is 0. The van der Waals surface area contributed by atoms with Gasteiger partial charge in [0.1, 0.15) is 5.52 Å². The predicted molar refractivity (Wildman–Crippen MR) is 64.6 cm³/mol. The normalized spacial score (nSPS) is 9.88. The first-order valence-electron chi connectivity index (χ1n) is 4.71. The Morgan fingerprint density at radius 3 is 2.59 bits per heavy atom. The molecule has 6 nitrogen and oxygen atoms in total. The average molecular weight is 227 g/mol. The van der Waals surface area contributed by atoms with Gasteiger partial charge in [0.2, 0.25) is 0 Å². The summed E-state index contributed by atoms with van der Waals surface area (Å²) in [6, 6.07) is 2.21. The fourth-order valence-electron chi connectivity index (χ4n) is 1.48. The minimum Gasteiger partial charge on any atom is -0.361 e. The van der Waals surface area contributed by atoms with E-state index in [0.29, 0.717) is 22.8 Å². The van der Waals surface area contributed by atoms with Gasteiger partial charge in [0.05, 0.1) is 0 Å². The number of terminal acetylenes is 2. The molecule has 2 rings (SSSR count). The van der Waals surface area contributed by atoms with Crippen LogP contribution in [-0.4, -0.2) is 33.6 Å². The Morgan fingerprint density at radius 2 is 2.06 bits per heavy atom. The lowest BCUT2D eigenvalue weighted by atomic mass is 10.4. The predicted octanol–water partition coefficient (Wildman–Crippen LogP) is -0.394. The number of aromatic amines is 1. The Morgan fingerprint density at radius 1 is 1.35 bits per heavy atom. The fourth-order valence-corrected chi connectivity index (χ4v) is 1.48. The topological polar surface area (TPSA) is 66.8 Å². The van der Waals surface area contributed by atoms with Crippen molar-refractivity contribution in [2.45, 2.75) is 0 Å². The number of nitrogens with one attached hydrogen (secondary N) is 1. The number of anilines is 1. The van der Waals surface area contributed by atoms with Gasteiger partial charge in [-0.05, 0) is 5.92 Å². The number of imidazole rings is 1. The van der Waals surface area contributed by atoms with Gasteiger partial charge in [-0.2, -0.15) is 9.55 Å². The van der Waals surface area contributed by atoms with Crippen molar-refractivity contribution in [1.82, 2.24) is 19.5 Å². The molecule has 0 unspecified atom stereocenters. The van der Waals surface area contributed by atoms with Gasteiger partial charge in [0.15, 0.2) is 17.3 Å². The molecule has 0 saturated heterocycles. The lowest BCUT2D eigenvalue weighted by Crippen LogP contribution is -2.24. The van der Waals surface area contributed by atoms with Crippen LogP contribution in [0.4, 0.5) is 5.82 Å². The summed E-state index contributed by atoms with van der Waals surface area (Å²) in [6.07, 6.45) is 10.5. The maximum Gasteiger partial charge on any atom is 0.363 e. The summed E-state index contributed by atoms with van der Waals surface area (Å²) >= 11 is 0. The van der Waals surface area contributed by atoms with Crippen LogP contribution in [0.25, 0.3) is 11.2 Å². The highest BCUT2D eigenvalue weighted by atomic mass is 16.1. The minimum atomic E-state index is -0.557. The largest absolute Gasteiger partial charge is 0.363 e. The highest BCUT2D eigenvalue weighted by Crippen LogP contribution is 2.18. The molecule has 2 aromatic rings. The molecule has 0 aromatic carbocycles. The molecular formula is C11H9N5O. The van der Waals surface area contributed by atoms with E-state index in [1.807, 2.05) is 0 Å². The highest BCUT2D eigenvalue weighted by molar-refractivity contribution is 5.84. The Kier molecular flexibility index (Phi) is 2.34. The molecular weight excluding hydrogens is 218 g/mol. The molecule has 17 heavy (non-hydrogen) atoms. The van der Waals surface area contributed by atoms with E-state index >= 15 is 0 Å². The van der Waals surface area contributed by atoms with Crippen molar-refractivity contribution in [3.63, 3.8) is 0 Å². The van der Waals surface area contributed by atoms with Gasteiger partial charge in [0.25, 0.3) is 0 Å². The van der Waals surface area contributed by atoms with Gasteiger partial charge in [-0.1, -0.05) is 6.42 Å². The Bertz CT molecular complexity index is 723. The van der Waals surface area contributed by atoms with Crippen molar-refractivity contribution >= 4 is 17.0 Å². The van der Waals surface area contributed by atoms with Crippen molar-refractivity contribution in [1.29, 1.82) is 0 Å². The summed E-state index contributed by atoms with van der Waals surface area (Å²) in [4.78, 5) is 24.2. The second kappa shape index (κ2) is 3.69. The van der Waals surface area contributed by atoms with E-state index in [9.17, 15) is 4.79 Å². The first-order chi connectivity index (χ1) is 8.08. The first kappa shape index (κ1) is 10.8. The van der Waals surface area contributed by atoms with Crippen LogP contribution in [0.1, 0.15) is 5.82 Å². The summed E-state index contributed by atoms with van der Waals surface area (Å²) in [7, 11) is 3.52. The van der Waals surface area contributed by atoms with Crippen LogP contribution >= 0.6 is 0 Å². The van der Waals surface area contributed by atoms with Gasteiger partial charge >= 0.3 is 5.69 Å². The van der Waals surface area contributed by atoms with E-state index in [-0.39, 0.29) is 0 Å². The molecule has 2 heterocycles. The lowest BCUT2D eigenvalue weighted by molar-refractivity contribution is 0.950. The third-order valence-corrected chi connectivity index (χ3v) is 2.20. The number of aromatic nitrogens is 4. The van der Waals surface area contributed by atoms with Gasteiger partial charge in [-0.25, -0.2) is 9.78 Å². The zero-order valence-electron chi connectivity index (χ0n) is 9.35. The van der Waals surface area contributed by atoms with Gasteiger partial charge in [-0.3, -0.25) is 0 Å². The fraction of sp³-hybridized carbons (Fsp3) is 0.182. The average Bonchev–Trinajstić information content (AvgIpc) is 2.71. The van der Waals surface area contributed by atoms with Crippen LogP contribution in [-0.2, 0) is 0 Å². The van der Waals surface area contributed by atoms with Crippen LogP contribution in [0.3, 0.4) is 0 Å². The van der Waals surface area contributed by atoms with Crippen LogP contribution in [0, 0.1) is 24.8 Å². The Labute approximate surface area is 97.3 Å². The smallest absolute Gasteiger partial charge is 0.361 e. The molecule has 0 aliphatic heterocycles. The molecule has 0 spiro atoms. The Hall–Kier alpha value is -2.73. The second-order valence-corrected chi connectivity index (χ2v) is 3.51. The summed E-state index contributed by atoms with van der Waals surface area (Å²) in [5.74, 6) is 3.11. The van der Waals surface area contributed by atoms with Gasteiger partial charge in [-0.15, -0.1) is 6.42 Å². The minimum absolute atomic E-state index is 0.305. The quantitative estimate of drug-likeness (QED) is 0.673. The monoisotopic (exact) mass is 227 g/mol. The standard InChI is InChI=1S/C11H9N5O/c1-5-7-12-8-9(15(3)4)14-11(17)16(6-2)10(8)13-7/h1-2H,3-4H3,(H,12,13). The van der Waals surface area contributed by atoms with E-state index in [2.05, 4.69) is 26.9 Å². The van der Waals surface area contributed by atoms with E-state index < -0.39 is 5.69 Å². The molecule has 1 N–H and O–H groups in total. The molecule has 0 aliphatic rings. The van der Waals surface area contributed by atoms with Gasteiger partial charge < -0.3 is 9.88 Å². The third kappa shape index (κ3) is 1.52. The number of nitrogens with zero attached hydrogens (tertiary/aromatic N) is 4. The molecule has 2 aromatic heterocycles. The van der Waals surface area contributed by atoms with Crippen molar-refractivity contribution in [3.8, 4) is 24.8 Å². The number of H-pyrrole nitrogens is 1. The number of fused-ring (bicyclic) bond motifs is 1. The number of hydrogen-bond acceptors (Lipinski definition) is 4. The van der Waals surface area contributed by atoms with E-state index in [0.717, 1.165) is 4.57 Å². The third-order valence-electron chi connectivity index (χ3n) is 2.20. The molecule has 0 aliphatic carbocycles.